The van der Waals surface area contributed by atoms with Crippen LogP contribution in [0.25, 0.3) is 0 Å². The third-order valence-electron chi connectivity index (χ3n) is 5.86. The summed E-state index contributed by atoms with van der Waals surface area (Å²) in [7, 11) is 0. The fraction of sp³-hybridized carbons (Fsp3) is 0.476. The maximum absolute atomic E-state index is 12.7. The highest BCUT2D eigenvalue weighted by molar-refractivity contribution is 14.0. The van der Waals surface area contributed by atoms with Crippen LogP contribution in [-0.4, -0.2) is 59.7 Å². The van der Waals surface area contributed by atoms with Gasteiger partial charge < -0.3 is 16.0 Å². The number of pyridine rings is 1. The largest absolute Gasteiger partial charge is 0.357 e. The SMILES string of the molecule is CCNC(=NCC(=O)Nc1cccnc1)NCCN1C(=O)C2C3C=CC(C3)C2C1=O.I. The maximum Gasteiger partial charge on any atom is 0.246 e. The molecule has 3 aliphatic rings. The van der Waals surface area contributed by atoms with E-state index >= 15 is 0 Å². The Labute approximate surface area is 198 Å². The van der Waals surface area contributed by atoms with E-state index in [0.717, 1.165) is 6.42 Å². The van der Waals surface area contributed by atoms with Gasteiger partial charge in [0.05, 0.1) is 23.7 Å². The number of nitrogens with zero attached hydrogens (tertiary/aromatic N) is 3. The number of guanidine groups is 1. The Kier molecular flexibility index (Phi) is 7.63. The molecule has 10 heteroatoms. The van der Waals surface area contributed by atoms with Crippen molar-refractivity contribution in [1.82, 2.24) is 20.5 Å². The van der Waals surface area contributed by atoms with Crippen LogP contribution in [0.4, 0.5) is 5.69 Å². The van der Waals surface area contributed by atoms with E-state index in [2.05, 4.69) is 38.1 Å². The van der Waals surface area contributed by atoms with Gasteiger partial charge in [-0.05, 0) is 37.3 Å². The minimum atomic E-state index is -0.263. The van der Waals surface area contributed by atoms with Gasteiger partial charge in [-0.3, -0.25) is 24.3 Å². The summed E-state index contributed by atoms with van der Waals surface area (Å²) in [6, 6.07) is 3.49. The van der Waals surface area contributed by atoms with Crippen molar-refractivity contribution in [1.29, 1.82) is 0 Å². The van der Waals surface area contributed by atoms with Gasteiger partial charge in [-0.1, -0.05) is 12.2 Å². The Morgan fingerprint density at radius 3 is 2.52 bits per heavy atom. The van der Waals surface area contributed by atoms with E-state index in [-0.39, 0.29) is 78.5 Å². The summed E-state index contributed by atoms with van der Waals surface area (Å²) in [6.07, 6.45) is 8.30. The molecule has 166 valence electrons. The van der Waals surface area contributed by atoms with Crippen molar-refractivity contribution in [3.05, 3.63) is 36.7 Å². The lowest BCUT2D eigenvalue weighted by atomic mass is 9.85. The Bertz CT molecular complexity index is 860. The minimum Gasteiger partial charge on any atom is -0.357 e. The highest BCUT2D eigenvalue weighted by atomic mass is 127. The van der Waals surface area contributed by atoms with Crippen LogP contribution in [-0.2, 0) is 14.4 Å². The van der Waals surface area contributed by atoms with Crippen LogP contribution in [0.2, 0.25) is 0 Å². The van der Waals surface area contributed by atoms with E-state index in [1.54, 1.807) is 24.5 Å². The number of carbonyl (C=O) groups excluding carboxylic acids is 3. The highest BCUT2D eigenvalue weighted by Crippen LogP contribution is 2.52. The number of nitrogens with one attached hydrogen (secondary N) is 3. The number of likely N-dealkylation sites (tertiary alicyclic amines) is 1. The molecule has 3 N–H and O–H groups in total. The van der Waals surface area contributed by atoms with E-state index in [1.807, 2.05) is 6.92 Å². The zero-order valence-electron chi connectivity index (χ0n) is 17.3. The second kappa shape index (κ2) is 10.2. The lowest BCUT2D eigenvalue weighted by molar-refractivity contribution is -0.140. The summed E-state index contributed by atoms with van der Waals surface area (Å²) in [4.78, 5) is 47.1. The smallest absolute Gasteiger partial charge is 0.246 e. The fourth-order valence-electron chi connectivity index (χ4n) is 4.60. The molecule has 1 aromatic rings. The molecule has 9 nitrogen and oxygen atoms in total. The average Bonchev–Trinajstić information content (AvgIpc) is 3.42. The summed E-state index contributed by atoms with van der Waals surface area (Å²) in [5.41, 5.74) is 0.607. The number of hydrogen-bond donors (Lipinski definition) is 3. The molecule has 2 fully saturated rings. The van der Waals surface area contributed by atoms with Crippen LogP contribution in [0, 0.1) is 23.7 Å². The van der Waals surface area contributed by atoms with Crippen molar-refractivity contribution in [2.24, 2.45) is 28.7 Å². The standard InChI is InChI=1S/C21H26N6O3.HI/c1-2-23-21(25-12-16(28)26-15-4-3-7-22-11-15)24-8-9-27-19(29)17-13-5-6-14(10-13)18(17)20(27)30;/h3-7,11,13-14,17-18H,2,8-10,12H2,1H3,(H,26,28)(H2,23,24,25);1H. The van der Waals surface area contributed by atoms with Crippen molar-refractivity contribution in [2.75, 3.05) is 31.5 Å². The van der Waals surface area contributed by atoms with Gasteiger partial charge in [0.1, 0.15) is 6.54 Å². The first-order chi connectivity index (χ1) is 14.6. The summed E-state index contributed by atoms with van der Waals surface area (Å²) in [6.45, 7) is 3.14. The number of allylic oxidation sites excluding steroid dienone is 2. The molecule has 2 bridgehead atoms. The van der Waals surface area contributed by atoms with Gasteiger partial charge in [0.15, 0.2) is 5.96 Å². The first kappa shape index (κ1) is 23.2. The third kappa shape index (κ3) is 4.89. The highest BCUT2D eigenvalue weighted by Gasteiger charge is 2.58. The van der Waals surface area contributed by atoms with Crippen molar-refractivity contribution in [3.8, 4) is 0 Å². The molecule has 4 rings (SSSR count). The fourth-order valence-corrected chi connectivity index (χ4v) is 4.60. The Balaban J connectivity index is 0.00000272. The molecule has 1 saturated carbocycles. The van der Waals surface area contributed by atoms with Gasteiger partial charge in [0.2, 0.25) is 17.7 Å². The van der Waals surface area contributed by atoms with E-state index < -0.39 is 0 Å². The molecule has 0 radical (unpaired) electrons. The second-order valence-electron chi connectivity index (χ2n) is 7.74. The van der Waals surface area contributed by atoms with Gasteiger partial charge in [-0.25, -0.2) is 4.99 Å². The lowest BCUT2D eigenvalue weighted by Crippen LogP contribution is -2.44. The average molecular weight is 538 g/mol. The predicted molar refractivity (Wildman–Crippen MR) is 127 cm³/mol. The Morgan fingerprint density at radius 2 is 1.90 bits per heavy atom. The summed E-state index contributed by atoms with van der Waals surface area (Å²) in [5.74, 6) is 0.165. The van der Waals surface area contributed by atoms with E-state index in [1.165, 1.54) is 4.90 Å². The van der Waals surface area contributed by atoms with Gasteiger partial charge in [0, 0.05) is 25.8 Å². The van der Waals surface area contributed by atoms with Crippen LogP contribution in [0.1, 0.15) is 13.3 Å². The first-order valence-corrected chi connectivity index (χ1v) is 10.3. The lowest BCUT2D eigenvalue weighted by Gasteiger charge is -2.18. The molecule has 3 amide bonds. The molecule has 1 aromatic heterocycles. The molecule has 2 aliphatic carbocycles. The van der Waals surface area contributed by atoms with E-state index in [4.69, 9.17) is 0 Å². The molecular formula is C21H27IN6O3. The molecule has 0 aromatic carbocycles. The second-order valence-corrected chi connectivity index (χ2v) is 7.74. The topological polar surface area (TPSA) is 116 Å². The zero-order chi connectivity index (χ0) is 21.1. The first-order valence-electron chi connectivity index (χ1n) is 10.3. The number of hydrogen-bond acceptors (Lipinski definition) is 5. The third-order valence-corrected chi connectivity index (χ3v) is 5.86. The van der Waals surface area contributed by atoms with E-state index in [0.29, 0.717) is 24.7 Å². The number of anilines is 1. The van der Waals surface area contributed by atoms with Crippen LogP contribution < -0.4 is 16.0 Å². The van der Waals surface area contributed by atoms with Crippen LogP contribution in [0.15, 0.2) is 41.7 Å². The van der Waals surface area contributed by atoms with Crippen LogP contribution in [0.3, 0.4) is 0 Å². The van der Waals surface area contributed by atoms with Gasteiger partial charge in [-0.2, -0.15) is 0 Å². The molecular weight excluding hydrogens is 511 g/mol. The number of amides is 3. The number of aliphatic imine (C=N–C) groups is 1. The maximum atomic E-state index is 12.7. The van der Waals surface area contributed by atoms with Crippen molar-refractivity contribution in [3.63, 3.8) is 0 Å². The van der Waals surface area contributed by atoms with Gasteiger partial charge in [0.25, 0.3) is 0 Å². The quantitative estimate of drug-likeness (QED) is 0.157. The number of fused-ring (bicyclic) bond motifs is 5. The van der Waals surface area contributed by atoms with Crippen LogP contribution in [0.5, 0.6) is 0 Å². The normalized spacial score (nSPS) is 26.0. The van der Waals surface area contributed by atoms with Crippen molar-refractivity contribution in [2.45, 2.75) is 13.3 Å². The van der Waals surface area contributed by atoms with Crippen molar-refractivity contribution < 1.29 is 14.4 Å². The molecule has 4 atom stereocenters. The zero-order valence-corrected chi connectivity index (χ0v) is 19.6. The monoisotopic (exact) mass is 538 g/mol. The predicted octanol–water partition coefficient (Wildman–Crippen LogP) is 1.00. The van der Waals surface area contributed by atoms with E-state index in [9.17, 15) is 14.4 Å². The summed E-state index contributed by atoms with van der Waals surface area (Å²) in [5, 5.41) is 8.88. The molecule has 4 unspecified atom stereocenters. The summed E-state index contributed by atoms with van der Waals surface area (Å²) >= 11 is 0. The van der Waals surface area contributed by atoms with Crippen LogP contribution >= 0.6 is 24.0 Å². The number of carbonyl (C=O) groups is 3. The molecule has 1 aliphatic heterocycles. The number of imide groups is 1. The van der Waals surface area contributed by atoms with Gasteiger partial charge in [-0.15, -0.1) is 24.0 Å². The van der Waals surface area contributed by atoms with Gasteiger partial charge >= 0.3 is 0 Å². The molecule has 2 heterocycles. The van der Waals surface area contributed by atoms with Crippen molar-refractivity contribution >= 4 is 53.3 Å². The molecule has 31 heavy (non-hydrogen) atoms. The Morgan fingerprint density at radius 1 is 1.19 bits per heavy atom. The minimum absolute atomic E-state index is 0. The Hall–Kier alpha value is -2.50. The summed E-state index contributed by atoms with van der Waals surface area (Å²) < 4.78 is 0. The number of aromatic nitrogens is 1. The molecule has 0 spiro atoms. The number of rotatable bonds is 7. The number of halogens is 1. The molecule has 1 saturated heterocycles.